The summed E-state index contributed by atoms with van der Waals surface area (Å²) in [6.45, 7) is 4.74. The SMILES string of the molecule is CC(C)c1ccc(OCc2ccccc2)c(SNC(=O)c2cc3ccc(N(C)C)cc3o2)c1. The van der Waals surface area contributed by atoms with E-state index in [9.17, 15) is 4.79 Å². The molecule has 1 aromatic heterocycles. The number of rotatable bonds is 8. The minimum absolute atomic E-state index is 0.278. The van der Waals surface area contributed by atoms with Crippen molar-refractivity contribution in [3.8, 4) is 5.75 Å². The number of carbonyl (C=O) groups excluding carboxylic acids is 1. The summed E-state index contributed by atoms with van der Waals surface area (Å²) in [7, 11) is 3.94. The molecule has 6 heteroatoms. The maximum Gasteiger partial charge on any atom is 0.297 e. The van der Waals surface area contributed by atoms with Gasteiger partial charge in [-0.25, -0.2) is 0 Å². The van der Waals surface area contributed by atoms with Gasteiger partial charge < -0.3 is 14.1 Å². The van der Waals surface area contributed by atoms with E-state index in [0.717, 1.165) is 27.3 Å². The fraction of sp³-hybridized carbons (Fsp3) is 0.222. The molecule has 33 heavy (non-hydrogen) atoms. The molecule has 0 aliphatic heterocycles. The van der Waals surface area contributed by atoms with E-state index < -0.39 is 0 Å². The van der Waals surface area contributed by atoms with Crippen molar-refractivity contribution in [2.45, 2.75) is 31.3 Å². The number of hydrogen-bond acceptors (Lipinski definition) is 5. The van der Waals surface area contributed by atoms with E-state index in [-0.39, 0.29) is 11.7 Å². The van der Waals surface area contributed by atoms with Gasteiger partial charge in [0.2, 0.25) is 0 Å². The molecule has 1 amide bonds. The van der Waals surface area contributed by atoms with Crippen LogP contribution in [0, 0.1) is 0 Å². The van der Waals surface area contributed by atoms with Crippen LogP contribution in [-0.2, 0) is 6.61 Å². The minimum atomic E-state index is -0.286. The van der Waals surface area contributed by atoms with Crippen LogP contribution in [0.3, 0.4) is 0 Å². The van der Waals surface area contributed by atoms with Crippen LogP contribution in [0.1, 0.15) is 41.4 Å². The molecule has 1 N–H and O–H groups in total. The van der Waals surface area contributed by atoms with Gasteiger partial charge in [0.05, 0.1) is 4.90 Å². The molecule has 0 aliphatic rings. The molecule has 170 valence electrons. The highest BCUT2D eigenvalue weighted by Gasteiger charge is 2.16. The second kappa shape index (κ2) is 10.0. The van der Waals surface area contributed by atoms with E-state index in [1.165, 1.54) is 17.5 Å². The highest BCUT2D eigenvalue weighted by atomic mass is 32.2. The van der Waals surface area contributed by atoms with E-state index in [4.69, 9.17) is 9.15 Å². The molecule has 4 rings (SSSR count). The van der Waals surface area contributed by atoms with Crippen LogP contribution in [0.4, 0.5) is 5.69 Å². The Hall–Kier alpha value is -3.38. The van der Waals surface area contributed by atoms with Gasteiger partial charge in [-0.1, -0.05) is 50.2 Å². The topological polar surface area (TPSA) is 54.7 Å². The van der Waals surface area contributed by atoms with Crippen molar-refractivity contribution < 1.29 is 13.9 Å². The molecule has 4 aromatic rings. The van der Waals surface area contributed by atoms with Gasteiger partial charge in [0, 0.05) is 31.2 Å². The summed E-state index contributed by atoms with van der Waals surface area (Å²) in [5.41, 5.74) is 3.97. The van der Waals surface area contributed by atoms with Crippen molar-refractivity contribution in [1.29, 1.82) is 0 Å². The number of ether oxygens (including phenoxy) is 1. The molecule has 0 aliphatic carbocycles. The van der Waals surface area contributed by atoms with Crippen LogP contribution >= 0.6 is 11.9 Å². The maximum absolute atomic E-state index is 12.8. The fourth-order valence-corrected chi connectivity index (χ4v) is 4.11. The Labute approximate surface area is 198 Å². The van der Waals surface area contributed by atoms with Gasteiger partial charge >= 0.3 is 0 Å². The Bertz CT molecular complexity index is 1250. The average Bonchev–Trinajstić information content (AvgIpc) is 3.25. The monoisotopic (exact) mass is 460 g/mol. The summed E-state index contributed by atoms with van der Waals surface area (Å²) in [6.07, 6.45) is 0. The molecular formula is C27H28N2O3S. The summed E-state index contributed by atoms with van der Waals surface area (Å²) < 4.78 is 14.8. The molecular weight excluding hydrogens is 432 g/mol. The normalized spacial score (nSPS) is 11.1. The molecule has 0 saturated heterocycles. The number of carbonyl (C=O) groups is 1. The lowest BCUT2D eigenvalue weighted by Crippen LogP contribution is -2.15. The molecule has 1 heterocycles. The van der Waals surface area contributed by atoms with Crippen LogP contribution in [0.5, 0.6) is 5.75 Å². The Morgan fingerprint density at radius 2 is 1.82 bits per heavy atom. The van der Waals surface area contributed by atoms with Crippen LogP contribution < -0.4 is 14.4 Å². The summed E-state index contributed by atoms with van der Waals surface area (Å²) in [5, 5.41) is 0.893. The molecule has 5 nitrogen and oxygen atoms in total. The van der Waals surface area contributed by atoms with E-state index in [1.54, 1.807) is 6.07 Å². The van der Waals surface area contributed by atoms with E-state index in [0.29, 0.717) is 18.1 Å². The molecule has 0 fully saturated rings. The van der Waals surface area contributed by atoms with Gasteiger partial charge in [0.15, 0.2) is 5.76 Å². The third-order valence-electron chi connectivity index (χ3n) is 5.37. The van der Waals surface area contributed by atoms with Crippen LogP contribution in [0.15, 0.2) is 82.1 Å². The van der Waals surface area contributed by atoms with Gasteiger partial charge in [-0.3, -0.25) is 9.52 Å². The lowest BCUT2D eigenvalue weighted by molar-refractivity contribution is 0.0959. The lowest BCUT2D eigenvalue weighted by Gasteiger charge is -2.14. The molecule has 0 bridgehead atoms. The van der Waals surface area contributed by atoms with Gasteiger partial charge in [-0.2, -0.15) is 0 Å². The smallest absolute Gasteiger partial charge is 0.297 e. The van der Waals surface area contributed by atoms with Crippen molar-refractivity contribution in [2.75, 3.05) is 19.0 Å². The molecule has 0 spiro atoms. The number of anilines is 1. The summed E-state index contributed by atoms with van der Waals surface area (Å²) in [5.74, 6) is 1.09. The first-order valence-electron chi connectivity index (χ1n) is 10.9. The van der Waals surface area contributed by atoms with E-state index in [2.05, 4.69) is 30.7 Å². The molecule has 0 radical (unpaired) electrons. The van der Waals surface area contributed by atoms with Crippen LogP contribution in [-0.4, -0.2) is 20.0 Å². The lowest BCUT2D eigenvalue weighted by atomic mass is 10.0. The van der Waals surface area contributed by atoms with Crippen molar-refractivity contribution in [1.82, 2.24) is 4.72 Å². The Balaban J connectivity index is 1.50. The van der Waals surface area contributed by atoms with Gasteiger partial charge in [-0.05, 0) is 59.3 Å². The highest BCUT2D eigenvalue weighted by molar-refractivity contribution is 7.98. The van der Waals surface area contributed by atoms with Crippen molar-refractivity contribution in [3.63, 3.8) is 0 Å². The van der Waals surface area contributed by atoms with E-state index >= 15 is 0 Å². The molecule has 0 unspecified atom stereocenters. The number of fused-ring (bicyclic) bond motifs is 1. The van der Waals surface area contributed by atoms with Crippen LogP contribution in [0.2, 0.25) is 0 Å². The molecule has 0 atom stereocenters. The number of nitrogens with zero attached hydrogens (tertiary/aromatic N) is 1. The third kappa shape index (κ3) is 5.52. The minimum Gasteiger partial charge on any atom is -0.488 e. The summed E-state index contributed by atoms with van der Waals surface area (Å²) >= 11 is 1.24. The number of amides is 1. The Morgan fingerprint density at radius 1 is 1.03 bits per heavy atom. The fourth-order valence-electron chi connectivity index (χ4n) is 3.38. The van der Waals surface area contributed by atoms with Gasteiger partial charge in [-0.15, -0.1) is 0 Å². The number of hydrogen-bond donors (Lipinski definition) is 1. The number of benzene rings is 3. The van der Waals surface area contributed by atoms with Crippen LogP contribution in [0.25, 0.3) is 11.0 Å². The number of nitrogens with one attached hydrogen (secondary N) is 1. The van der Waals surface area contributed by atoms with Gasteiger partial charge in [0.1, 0.15) is 17.9 Å². The van der Waals surface area contributed by atoms with Crippen molar-refractivity contribution in [3.05, 3.63) is 89.7 Å². The second-order valence-electron chi connectivity index (χ2n) is 8.40. The first-order chi connectivity index (χ1) is 15.9. The van der Waals surface area contributed by atoms with Crippen molar-refractivity contribution >= 4 is 34.5 Å². The third-order valence-corrected chi connectivity index (χ3v) is 6.20. The zero-order chi connectivity index (χ0) is 23.4. The maximum atomic E-state index is 12.8. The van der Waals surface area contributed by atoms with Crippen molar-refractivity contribution in [2.24, 2.45) is 0 Å². The first-order valence-corrected chi connectivity index (χ1v) is 11.7. The predicted octanol–water partition coefficient (Wildman–Crippen LogP) is 6.64. The van der Waals surface area contributed by atoms with E-state index in [1.807, 2.05) is 73.6 Å². The number of furan rings is 1. The second-order valence-corrected chi connectivity index (χ2v) is 9.24. The summed E-state index contributed by atoms with van der Waals surface area (Å²) in [6, 6.07) is 23.8. The standard InChI is InChI=1S/C27H28N2O3S/c1-18(2)20-11-13-23(31-17-19-8-6-5-7-9-19)26(15-20)33-28-27(30)25-14-21-10-12-22(29(3)4)16-24(21)32-25/h5-16,18H,17H2,1-4H3,(H,28,30). The van der Waals surface area contributed by atoms with Gasteiger partial charge in [0.25, 0.3) is 5.91 Å². The zero-order valence-electron chi connectivity index (χ0n) is 19.3. The predicted molar refractivity (Wildman–Crippen MR) is 135 cm³/mol. The Kier molecular flexibility index (Phi) is 6.94. The molecule has 0 saturated carbocycles. The highest BCUT2D eigenvalue weighted by Crippen LogP contribution is 2.32. The molecule has 3 aromatic carbocycles. The zero-order valence-corrected chi connectivity index (χ0v) is 20.1. The largest absolute Gasteiger partial charge is 0.488 e. The first kappa shape index (κ1) is 22.8. The average molecular weight is 461 g/mol. The Morgan fingerprint density at radius 3 is 2.55 bits per heavy atom. The quantitative estimate of drug-likeness (QED) is 0.299. The summed E-state index contributed by atoms with van der Waals surface area (Å²) in [4.78, 5) is 15.7.